The maximum absolute atomic E-state index is 13.3. The van der Waals surface area contributed by atoms with Crippen LogP contribution in [0, 0.1) is 18.2 Å². The highest BCUT2D eigenvalue weighted by atomic mass is 79.9. The van der Waals surface area contributed by atoms with E-state index in [2.05, 4.69) is 21.9 Å². The molecule has 1 aromatic carbocycles. The van der Waals surface area contributed by atoms with Gasteiger partial charge in [-0.3, -0.25) is 0 Å². The average Bonchev–Trinajstić information content (AvgIpc) is 2.22. The Morgan fingerprint density at radius 3 is 2.93 bits per heavy atom. The van der Waals surface area contributed by atoms with Crippen molar-refractivity contribution < 1.29 is 9.50 Å². The molecular weight excluding hydrogens is 259 g/mol. The van der Waals surface area contributed by atoms with Crippen molar-refractivity contribution in [1.82, 2.24) is 0 Å². The Bertz CT molecular complexity index is 370. The molecule has 1 rings (SSSR count). The molecule has 15 heavy (non-hydrogen) atoms. The first-order chi connectivity index (χ1) is 7.15. The van der Waals surface area contributed by atoms with Gasteiger partial charge in [0.15, 0.2) is 0 Å². The smallest absolute Gasteiger partial charge is 0.129 e. The number of hydrogen-bond donors (Lipinski definition) is 1. The first kappa shape index (κ1) is 12.2. The Morgan fingerprint density at radius 2 is 2.27 bits per heavy atom. The van der Waals surface area contributed by atoms with Gasteiger partial charge < -0.3 is 5.11 Å². The number of unbranched alkanes of at least 4 members (excludes halogenated alkanes) is 1. The van der Waals surface area contributed by atoms with Crippen molar-refractivity contribution in [3.8, 4) is 12.3 Å². The van der Waals surface area contributed by atoms with Gasteiger partial charge in [-0.05, 0) is 31.0 Å². The summed E-state index contributed by atoms with van der Waals surface area (Å²) in [6.45, 7) is 0. The number of hydrogen-bond acceptors (Lipinski definition) is 1. The molecule has 0 aliphatic heterocycles. The molecule has 1 atom stereocenters. The topological polar surface area (TPSA) is 20.2 Å². The number of rotatable bonds is 4. The van der Waals surface area contributed by atoms with E-state index in [9.17, 15) is 9.50 Å². The third kappa shape index (κ3) is 3.65. The second kappa shape index (κ2) is 5.89. The number of benzene rings is 1. The molecule has 0 aromatic heterocycles. The van der Waals surface area contributed by atoms with E-state index in [0.29, 0.717) is 24.8 Å². The van der Waals surface area contributed by atoms with Crippen LogP contribution in [-0.2, 0) is 0 Å². The predicted octanol–water partition coefficient (Wildman–Crippen LogP) is 3.43. The highest BCUT2D eigenvalue weighted by Gasteiger charge is 2.12. The van der Waals surface area contributed by atoms with Crippen LogP contribution in [-0.4, -0.2) is 5.11 Å². The predicted molar refractivity (Wildman–Crippen MR) is 61.7 cm³/mol. The molecule has 0 aliphatic carbocycles. The van der Waals surface area contributed by atoms with Crippen LogP contribution in [0.5, 0.6) is 0 Å². The lowest BCUT2D eigenvalue weighted by atomic mass is 10.0. The zero-order chi connectivity index (χ0) is 11.3. The molecule has 0 saturated carbocycles. The van der Waals surface area contributed by atoms with Gasteiger partial charge in [0.05, 0.1) is 6.10 Å². The van der Waals surface area contributed by atoms with E-state index in [1.54, 1.807) is 12.1 Å². The van der Waals surface area contributed by atoms with E-state index < -0.39 is 6.10 Å². The van der Waals surface area contributed by atoms with E-state index in [-0.39, 0.29) is 5.82 Å². The number of aliphatic hydroxyl groups is 1. The number of aliphatic hydroxyl groups excluding tert-OH is 1. The molecule has 0 fully saturated rings. The Hall–Kier alpha value is -0.850. The van der Waals surface area contributed by atoms with E-state index >= 15 is 0 Å². The summed E-state index contributed by atoms with van der Waals surface area (Å²) in [5.41, 5.74) is 0.321. The third-order valence-corrected chi connectivity index (χ3v) is 2.61. The Morgan fingerprint density at radius 1 is 1.53 bits per heavy atom. The fraction of sp³-hybridized carbons (Fsp3) is 0.333. The monoisotopic (exact) mass is 270 g/mol. The summed E-state index contributed by atoms with van der Waals surface area (Å²) in [5.74, 6) is 2.10. The molecular formula is C12H12BrFO. The number of halogens is 2. The zero-order valence-corrected chi connectivity index (χ0v) is 9.80. The summed E-state index contributed by atoms with van der Waals surface area (Å²) in [6.07, 6.45) is 6.10. The standard InChI is InChI=1S/C12H12BrFO/c1-2-3-4-5-12(15)10-8-9(13)6-7-11(10)14/h1,6-8,12,15H,3-5H2. The van der Waals surface area contributed by atoms with Crippen molar-refractivity contribution in [1.29, 1.82) is 0 Å². The lowest BCUT2D eigenvalue weighted by Crippen LogP contribution is -2.00. The maximum atomic E-state index is 13.3. The van der Waals surface area contributed by atoms with Crippen molar-refractivity contribution in [2.24, 2.45) is 0 Å². The van der Waals surface area contributed by atoms with Gasteiger partial charge in [-0.15, -0.1) is 12.3 Å². The molecule has 3 heteroatoms. The van der Waals surface area contributed by atoms with Crippen molar-refractivity contribution in [3.63, 3.8) is 0 Å². The summed E-state index contributed by atoms with van der Waals surface area (Å²) in [6, 6.07) is 4.53. The molecule has 80 valence electrons. The fourth-order valence-corrected chi connectivity index (χ4v) is 1.70. The molecule has 0 radical (unpaired) electrons. The molecule has 0 saturated heterocycles. The minimum Gasteiger partial charge on any atom is -0.388 e. The van der Waals surface area contributed by atoms with Crippen molar-refractivity contribution in [2.45, 2.75) is 25.4 Å². The maximum Gasteiger partial charge on any atom is 0.129 e. The van der Waals surface area contributed by atoms with Crippen LogP contribution in [0.1, 0.15) is 30.9 Å². The van der Waals surface area contributed by atoms with Crippen LogP contribution in [0.2, 0.25) is 0 Å². The molecule has 0 bridgehead atoms. The Kier molecular flexibility index (Phi) is 4.80. The van der Waals surface area contributed by atoms with Crippen LogP contribution < -0.4 is 0 Å². The van der Waals surface area contributed by atoms with Gasteiger partial charge in [0.25, 0.3) is 0 Å². The van der Waals surface area contributed by atoms with Crippen molar-refractivity contribution in [3.05, 3.63) is 34.1 Å². The summed E-state index contributed by atoms with van der Waals surface area (Å²) >= 11 is 3.24. The molecule has 0 aliphatic rings. The second-order valence-corrected chi connectivity index (χ2v) is 4.19. The van der Waals surface area contributed by atoms with Gasteiger partial charge in [-0.1, -0.05) is 15.9 Å². The summed E-state index contributed by atoms with van der Waals surface area (Å²) in [7, 11) is 0. The minimum absolute atomic E-state index is 0.321. The zero-order valence-electron chi connectivity index (χ0n) is 8.21. The summed E-state index contributed by atoms with van der Waals surface area (Å²) in [4.78, 5) is 0. The SMILES string of the molecule is C#CCCCC(O)c1cc(Br)ccc1F. The van der Waals surface area contributed by atoms with E-state index in [1.165, 1.54) is 6.07 Å². The molecule has 0 heterocycles. The molecule has 0 spiro atoms. The lowest BCUT2D eigenvalue weighted by Gasteiger charge is -2.11. The first-order valence-electron chi connectivity index (χ1n) is 4.71. The van der Waals surface area contributed by atoms with Gasteiger partial charge >= 0.3 is 0 Å². The molecule has 1 N–H and O–H groups in total. The van der Waals surface area contributed by atoms with Crippen LogP contribution in [0.25, 0.3) is 0 Å². The normalized spacial score (nSPS) is 12.1. The molecule has 0 amide bonds. The summed E-state index contributed by atoms with van der Waals surface area (Å²) < 4.78 is 14.1. The number of terminal acetylenes is 1. The van der Waals surface area contributed by atoms with Gasteiger partial charge in [0.2, 0.25) is 0 Å². The minimum atomic E-state index is -0.782. The fourth-order valence-electron chi connectivity index (χ4n) is 1.32. The van der Waals surface area contributed by atoms with E-state index in [4.69, 9.17) is 6.42 Å². The highest BCUT2D eigenvalue weighted by molar-refractivity contribution is 9.10. The molecule has 1 aromatic rings. The van der Waals surface area contributed by atoms with Gasteiger partial charge in [-0.2, -0.15) is 0 Å². The van der Waals surface area contributed by atoms with E-state index in [0.717, 1.165) is 4.47 Å². The third-order valence-electron chi connectivity index (χ3n) is 2.12. The quantitative estimate of drug-likeness (QED) is 0.657. The van der Waals surface area contributed by atoms with E-state index in [1.807, 2.05) is 0 Å². The van der Waals surface area contributed by atoms with Gasteiger partial charge in [0, 0.05) is 16.5 Å². The lowest BCUT2D eigenvalue weighted by molar-refractivity contribution is 0.160. The Balaban J connectivity index is 2.69. The second-order valence-electron chi connectivity index (χ2n) is 3.28. The van der Waals surface area contributed by atoms with Gasteiger partial charge in [-0.25, -0.2) is 4.39 Å². The van der Waals surface area contributed by atoms with Crippen LogP contribution in [0.3, 0.4) is 0 Å². The van der Waals surface area contributed by atoms with Crippen LogP contribution in [0.4, 0.5) is 4.39 Å². The first-order valence-corrected chi connectivity index (χ1v) is 5.51. The largest absolute Gasteiger partial charge is 0.388 e. The van der Waals surface area contributed by atoms with Crippen LogP contribution in [0.15, 0.2) is 22.7 Å². The highest BCUT2D eigenvalue weighted by Crippen LogP contribution is 2.25. The molecule has 1 unspecified atom stereocenters. The van der Waals surface area contributed by atoms with Crippen molar-refractivity contribution in [2.75, 3.05) is 0 Å². The van der Waals surface area contributed by atoms with Crippen LogP contribution >= 0.6 is 15.9 Å². The Labute approximate surface area is 97.4 Å². The molecule has 1 nitrogen and oxygen atoms in total. The van der Waals surface area contributed by atoms with Gasteiger partial charge in [0.1, 0.15) is 5.82 Å². The average molecular weight is 271 g/mol. The summed E-state index contributed by atoms with van der Waals surface area (Å²) in [5, 5.41) is 9.72. The van der Waals surface area contributed by atoms with Crippen molar-refractivity contribution >= 4 is 15.9 Å².